The van der Waals surface area contributed by atoms with Gasteiger partial charge in [-0.05, 0) is 82.9 Å². The zero-order chi connectivity index (χ0) is 38.2. The summed E-state index contributed by atoms with van der Waals surface area (Å²) in [6.07, 6.45) is 0. The van der Waals surface area contributed by atoms with E-state index >= 15 is 0 Å². The predicted octanol–water partition coefficient (Wildman–Crippen LogP) is 15.9. The van der Waals surface area contributed by atoms with E-state index in [0.717, 1.165) is 50.2 Å². The number of hydrogen-bond acceptors (Lipinski definition) is 3. The Kier molecular flexibility index (Phi) is 7.40. The maximum absolute atomic E-state index is 6.55. The highest BCUT2D eigenvalue weighted by molar-refractivity contribution is 7.26. The second-order valence-electron chi connectivity index (χ2n) is 14.9. The predicted molar refractivity (Wildman–Crippen MR) is 247 cm³/mol. The summed E-state index contributed by atoms with van der Waals surface area (Å²) in [5.74, 6) is 0. The van der Waals surface area contributed by atoms with E-state index in [0.29, 0.717) is 0 Å². The molecule has 0 saturated carbocycles. The summed E-state index contributed by atoms with van der Waals surface area (Å²) >= 11 is 1.88. The van der Waals surface area contributed by atoms with Crippen LogP contribution in [-0.4, -0.2) is 4.57 Å². The molecule has 0 amide bonds. The van der Waals surface area contributed by atoms with Gasteiger partial charge in [0, 0.05) is 47.7 Å². The molecule has 0 bridgehead atoms. The first-order valence-corrected chi connectivity index (χ1v) is 20.5. The SMILES string of the molecule is c1ccc(-c2ccc3c(c2)sc2c(-c4ccccc4)ccc(N(c4ccc5c6ccccc6n(-c6ccccc6)c5c4)c4cccc5oc6ccccc6c45)c23)cc1. The average Bonchev–Trinajstić information content (AvgIpc) is 3.97. The number of rotatable bonds is 6. The highest BCUT2D eigenvalue weighted by Crippen LogP contribution is 2.51. The van der Waals surface area contributed by atoms with Gasteiger partial charge >= 0.3 is 0 Å². The van der Waals surface area contributed by atoms with Gasteiger partial charge in [-0.25, -0.2) is 0 Å². The van der Waals surface area contributed by atoms with Crippen LogP contribution in [0.5, 0.6) is 0 Å². The summed E-state index contributed by atoms with van der Waals surface area (Å²) < 4.78 is 11.5. The van der Waals surface area contributed by atoms with Gasteiger partial charge in [-0.3, -0.25) is 0 Å². The molecule has 3 nitrogen and oxygen atoms in total. The highest BCUT2D eigenvalue weighted by atomic mass is 32.1. The maximum atomic E-state index is 6.55. The van der Waals surface area contributed by atoms with Crippen LogP contribution in [0.4, 0.5) is 17.1 Å². The molecule has 9 aromatic carbocycles. The van der Waals surface area contributed by atoms with Crippen LogP contribution in [-0.2, 0) is 0 Å². The third-order valence-corrected chi connectivity index (χ3v) is 12.8. The average molecular weight is 759 g/mol. The second-order valence-corrected chi connectivity index (χ2v) is 15.9. The number of benzene rings is 9. The number of furan rings is 1. The van der Waals surface area contributed by atoms with Crippen LogP contribution < -0.4 is 4.90 Å². The lowest BCUT2D eigenvalue weighted by Crippen LogP contribution is -2.11. The molecule has 0 aliphatic carbocycles. The molecule has 272 valence electrons. The minimum atomic E-state index is 0.864. The lowest BCUT2D eigenvalue weighted by molar-refractivity contribution is 0.669. The molecule has 12 aromatic rings. The molecule has 0 fully saturated rings. The second kappa shape index (κ2) is 13.1. The molecule has 12 rings (SSSR count). The summed E-state index contributed by atoms with van der Waals surface area (Å²) in [6.45, 7) is 0. The van der Waals surface area contributed by atoms with E-state index in [9.17, 15) is 0 Å². The van der Waals surface area contributed by atoms with Crippen molar-refractivity contribution in [1.29, 1.82) is 0 Å². The van der Waals surface area contributed by atoms with Crippen molar-refractivity contribution in [3.63, 3.8) is 0 Å². The molecular formula is C54H34N2OS. The van der Waals surface area contributed by atoms with Crippen LogP contribution in [0.1, 0.15) is 0 Å². The largest absolute Gasteiger partial charge is 0.456 e. The van der Waals surface area contributed by atoms with E-state index in [2.05, 4.69) is 210 Å². The van der Waals surface area contributed by atoms with Gasteiger partial charge in [0.15, 0.2) is 0 Å². The normalized spacial score (nSPS) is 11.8. The number of para-hydroxylation sites is 3. The number of thiophene rings is 1. The molecule has 0 unspecified atom stereocenters. The molecule has 3 heterocycles. The quantitative estimate of drug-likeness (QED) is 0.168. The third kappa shape index (κ3) is 5.05. The van der Waals surface area contributed by atoms with E-state index in [1.54, 1.807) is 0 Å². The van der Waals surface area contributed by atoms with Crippen LogP contribution in [0.15, 0.2) is 211 Å². The summed E-state index contributed by atoms with van der Waals surface area (Å²) in [5, 5.41) is 7.10. The topological polar surface area (TPSA) is 21.3 Å². The highest BCUT2D eigenvalue weighted by Gasteiger charge is 2.25. The standard InChI is InChI=1S/C54H34N2OS/c1-4-15-35(16-5-1)37-27-29-44-51(33-37)58-54-40(36-17-6-2-7-18-36)31-32-47(53(44)54)56(46-24-14-26-50-52(46)43-22-11-13-25-49(43)57-50)39-28-30-42-41-21-10-12-23-45(41)55(48(42)34-39)38-19-8-3-9-20-38/h1-34H. The van der Waals surface area contributed by atoms with Crippen LogP contribution in [0.2, 0.25) is 0 Å². The monoisotopic (exact) mass is 758 g/mol. The molecule has 0 radical (unpaired) electrons. The summed E-state index contributed by atoms with van der Waals surface area (Å²) in [4.78, 5) is 2.48. The molecule has 0 saturated heterocycles. The van der Waals surface area contributed by atoms with Gasteiger partial charge in [-0.1, -0.05) is 146 Å². The van der Waals surface area contributed by atoms with Crippen LogP contribution >= 0.6 is 11.3 Å². The smallest absolute Gasteiger partial charge is 0.137 e. The van der Waals surface area contributed by atoms with E-state index in [1.807, 2.05) is 17.4 Å². The molecule has 0 N–H and O–H groups in total. The van der Waals surface area contributed by atoms with Crippen LogP contribution in [0.3, 0.4) is 0 Å². The Morgan fingerprint density at radius 1 is 0.414 bits per heavy atom. The molecule has 0 atom stereocenters. The van der Waals surface area contributed by atoms with Crippen LogP contribution in [0, 0.1) is 0 Å². The number of nitrogens with zero attached hydrogens (tertiary/aromatic N) is 2. The molecule has 58 heavy (non-hydrogen) atoms. The fourth-order valence-corrected chi connectivity index (χ4v) is 10.3. The van der Waals surface area contributed by atoms with Gasteiger partial charge < -0.3 is 13.9 Å². The van der Waals surface area contributed by atoms with Crippen molar-refractivity contribution >= 4 is 92.3 Å². The number of fused-ring (bicyclic) bond motifs is 9. The number of hydrogen-bond donors (Lipinski definition) is 0. The Morgan fingerprint density at radius 3 is 1.90 bits per heavy atom. The lowest BCUT2D eigenvalue weighted by atomic mass is 9.98. The summed E-state index contributed by atoms with van der Waals surface area (Å²) in [6, 6.07) is 74.4. The summed E-state index contributed by atoms with van der Waals surface area (Å²) in [5.41, 5.74) is 13.3. The number of anilines is 3. The van der Waals surface area contributed by atoms with Crippen LogP contribution in [0.25, 0.3) is 91.9 Å². The van der Waals surface area contributed by atoms with Gasteiger partial charge in [-0.15, -0.1) is 11.3 Å². The van der Waals surface area contributed by atoms with Crippen molar-refractivity contribution in [1.82, 2.24) is 4.57 Å². The minimum Gasteiger partial charge on any atom is -0.456 e. The van der Waals surface area contributed by atoms with Crippen molar-refractivity contribution in [2.24, 2.45) is 0 Å². The zero-order valence-electron chi connectivity index (χ0n) is 31.3. The van der Waals surface area contributed by atoms with Gasteiger partial charge in [0.25, 0.3) is 0 Å². The minimum absolute atomic E-state index is 0.864. The van der Waals surface area contributed by atoms with E-state index in [-0.39, 0.29) is 0 Å². The molecule has 0 aliphatic heterocycles. The van der Waals surface area contributed by atoms with Gasteiger partial charge in [-0.2, -0.15) is 0 Å². The van der Waals surface area contributed by atoms with Crippen molar-refractivity contribution < 1.29 is 4.42 Å². The Hall–Kier alpha value is -7.40. The Bertz CT molecular complexity index is 3510. The van der Waals surface area contributed by atoms with E-state index in [1.165, 1.54) is 58.7 Å². The van der Waals surface area contributed by atoms with Crippen molar-refractivity contribution in [3.8, 4) is 27.9 Å². The van der Waals surface area contributed by atoms with Gasteiger partial charge in [0.1, 0.15) is 11.2 Å². The van der Waals surface area contributed by atoms with E-state index < -0.39 is 0 Å². The van der Waals surface area contributed by atoms with Crippen molar-refractivity contribution in [2.75, 3.05) is 4.90 Å². The first-order valence-electron chi connectivity index (χ1n) is 19.7. The molecule has 0 spiro atoms. The number of aromatic nitrogens is 1. The van der Waals surface area contributed by atoms with Crippen molar-refractivity contribution in [3.05, 3.63) is 206 Å². The molecule has 4 heteroatoms. The fourth-order valence-electron chi connectivity index (χ4n) is 9.01. The summed E-state index contributed by atoms with van der Waals surface area (Å²) in [7, 11) is 0. The molecular weight excluding hydrogens is 725 g/mol. The van der Waals surface area contributed by atoms with Gasteiger partial charge in [0.2, 0.25) is 0 Å². The Labute approximate surface area is 338 Å². The first kappa shape index (κ1) is 32.8. The third-order valence-electron chi connectivity index (χ3n) is 11.6. The lowest BCUT2D eigenvalue weighted by Gasteiger charge is -2.28. The molecule has 0 aliphatic rings. The van der Waals surface area contributed by atoms with E-state index in [4.69, 9.17) is 4.42 Å². The zero-order valence-corrected chi connectivity index (χ0v) is 32.2. The maximum Gasteiger partial charge on any atom is 0.137 e. The van der Waals surface area contributed by atoms with Gasteiger partial charge in [0.05, 0.1) is 27.8 Å². The Morgan fingerprint density at radius 2 is 1.07 bits per heavy atom. The Balaban J connectivity index is 1.20. The first-order chi connectivity index (χ1) is 28.8. The molecule has 3 aromatic heterocycles. The van der Waals surface area contributed by atoms with Crippen molar-refractivity contribution in [2.45, 2.75) is 0 Å². The fraction of sp³-hybridized carbons (Fsp3) is 0.